The van der Waals surface area contributed by atoms with E-state index in [9.17, 15) is 10.1 Å². The van der Waals surface area contributed by atoms with Crippen LogP contribution in [0.1, 0.15) is 49.7 Å². The van der Waals surface area contributed by atoms with Gasteiger partial charge in [-0.3, -0.25) is 0 Å². The summed E-state index contributed by atoms with van der Waals surface area (Å²) in [4.78, 5) is 12.4. The maximum atomic E-state index is 12.4. The molecule has 0 bridgehead atoms. The molecule has 8 nitrogen and oxygen atoms in total. The van der Waals surface area contributed by atoms with Crippen LogP contribution in [0.3, 0.4) is 0 Å². The number of halogens is 1. The van der Waals surface area contributed by atoms with Gasteiger partial charge in [-0.2, -0.15) is 5.26 Å². The number of methoxy groups -OCH3 is 1. The lowest BCUT2D eigenvalue weighted by Crippen LogP contribution is -2.22. The van der Waals surface area contributed by atoms with Crippen LogP contribution in [-0.2, 0) is 4.79 Å². The minimum absolute atomic E-state index is 0.0164. The molecule has 0 aliphatic carbocycles. The zero-order valence-corrected chi connectivity index (χ0v) is 24.0. The molecular formula is C31H31BrN2O6. The van der Waals surface area contributed by atoms with Gasteiger partial charge in [-0.1, -0.05) is 54.2 Å². The largest absolute Gasteiger partial charge is 0.493 e. The highest BCUT2D eigenvalue weighted by atomic mass is 79.9. The molecule has 0 saturated carbocycles. The number of allylic oxidation sites excluding steroid dienone is 1. The lowest BCUT2D eigenvalue weighted by molar-refractivity contribution is -0.136. The van der Waals surface area contributed by atoms with Crippen LogP contribution in [0, 0.1) is 11.3 Å². The second kappa shape index (κ2) is 13.8. The van der Waals surface area contributed by atoms with Crippen LogP contribution in [0.25, 0.3) is 0 Å². The first-order chi connectivity index (χ1) is 19.4. The second-order valence-electron chi connectivity index (χ2n) is 9.16. The molecule has 3 aromatic carbocycles. The number of rotatable bonds is 12. The molecule has 0 fully saturated rings. The summed E-state index contributed by atoms with van der Waals surface area (Å²) in [7, 11) is 1.58. The fourth-order valence-electron chi connectivity index (χ4n) is 4.37. The van der Waals surface area contributed by atoms with Gasteiger partial charge in [0.25, 0.3) is 0 Å². The van der Waals surface area contributed by atoms with Gasteiger partial charge in [0.05, 0.1) is 19.6 Å². The van der Waals surface area contributed by atoms with Gasteiger partial charge in [0.15, 0.2) is 18.1 Å². The molecule has 0 aromatic heterocycles. The first kappa shape index (κ1) is 28.8. The predicted molar refractivity (Wildman–Crippen MR) is 154 cm³/mol. The van der Waals surface area contributed by atoms with Crippen molar-refractivity contribution < 1.29 is 28.5 Å². The minimum Gasteiger partial charge on any atom is -0.493 e. The van der Waals surface area contributed by atoms with E-state index in [0.29, 0.717) is 35.2 Å². The van der Waals surface area contributed by atoms with Crippen molar-refractivity contribution in [1.82, 2.24) is 0 Å². The molecule has 40 heavy (non-hydrogen) atoms. The standard InChI is InChI=1S/C31H31BrN2O6/c1-3-4-5-6-15-37-26-14-7-20(16-28(26)36-2)30-24-13-12-23(17-27(24)40-31(34)25(30)18-33)39-29(35)19-38-22-10-8-21(32)9-11-22/h7-14,16-17,30H,3-6,15,19,34H2,1-2H3. The Morgan fingerprint density at radius 3 is 2.50 bits per heavy atom. The molecule has 0 amide bonds. The molecule has 0 spiro atoms. The Balaban J connectivity index is 1.51. The van der Waals surface area contributed by atoms with Crippen molar-refractivity contribution in [1.29, 1.82) is 5.26 Å². The molecule has 0 radical (unpaired) electrons. The van der Waals surface area contributed by atoms with Crippen molar-refractivity contribution in [3.05, 3.63) is 87.7 Å². The van der Waals surface area contributed by atoms with Gasteiger partial charge >= 0.3 is 5.97 Å². The van der Waals surface area contributed by atoms with E-state index >= 15 is 0 Å². The molecule has 1 heterocycles. The number of carbonyl (C=O) groups excluding carboxylic acids is 1. The van der Waals surface area contributed by atoms with E-state index in [1.165, 1.54) is 6.42 Å². The summed E-state index contributed by atoms with van der Waals surface area (Å²) in [5.74, 6) is 1.29. The zero-order chi connectivity index (χ0) is 28.5. The number of nitrogens with two attached hydrogens (primary N) is 1. The van der Waals surface area contributed by atoms with Crippen LogP contribution >= 0.6 is 15.9 Å². The number of hydrogen-bond donors (Lipinski definition) is 1. The SMILES string of the molecule is CCCCCCOc1ccc(C2C(C#N)=C(N)Oc3cc(OC(=O)COc4ccc(Br)cc4)ccc32)cc1OC. The molecule has 9 heteroatoms. The van der Waals surface area contributed by atoms with Crippen LogP contribution in [0.5, 0.6) is 28.7 Å². The summed E-state index contributed by atoms with van der Waals surface area (Å²) in [6, 6.07) is 19.9. The summed E-state index contributed by atoms with van der Waals surface area (Å²) >= 11 is 3.36. The van der Waals surface area contributed by atoms with E-state index in [1.54, 1.807) is 37.4 Å². The van der Waals surface area contributed by atoms with Crippen LogP contribution < -0.4 is 29.4 Å². The predicted octanol–water partition coefficient (Wildman–Crippen LogP) is 6.62. The Hall–Kier alpha value is -4.16. The average Bonchev–Trinajstić information content (AvgIpc) is 2.96. The second-order valence-corrected chi connectivity index (χ2v) is 10.1. The summed E-state index contributed by atoms with van der Waals surface area (Å²) in [5, 5.41) is 9.92. The maximum Gasteiger partial charge on any atom is 0.349 e. The number of fused-ring (bicyclic) bond motifs is 1. The molecule has 1 unspecified atom stereocenters. The average molecular weight is 608 g/mol. The third-order valence-electron chi connectivity index (χ3n) is 6.37. The fraction of sp³-hybridized carbons (Fsp3) is 0.290. The van der Waals surface area contributed by atoms with Crippen molar-refractivity contribution >= 4 is 21.9 Å². The molecule has 0 saturated heterocycles. The molecule has 1 aliphatic rings. The van der Waals surface area contributed by atoms with Crippen molar-refractivity contribution in [2.75, 3.05) is 20.3 Å². The molecule has 2 N–H and O–H groups in total. The summed E-state index contributed by atoms with van der Waals surface area (Å²) < 4.78 is 29.2. The van der Waals surface area contributed by atoms with Gasteiger partial charge in [-0.05, 0) is 54.4 Å². The van der Waals surface area contributed by atoms with Crippen LogP contribution in [0.2, 0.25) is 0 Å². The number of hydrogen-bond acceptors (Lipinski definition) is 8. The molecular weight excluding hydrogens is 576 g/mol. The number of benzene rings is 3. The summed E-state index contributed by atoms with van der Waals surface area (Å²) in [6.07, 6.45) is 4.41. The van der Waals surface area contributed by atoms with Gasteiger partial charge in [0, 0.05) is 16.1 Å². The van der Waals surface area contributed by atoms with Crippen LogP contribution in [0.4, 0.5) is 0 Å². The van der Waals surface area contributed by atoms with E-state index in [4.69, 9.17) is 29.4 Å². The Bertz CT molecular complexity index is 1410. The third kappa shape index (κ3) is 7.07. The molecule has 1 aliphatic heterocycles. The minimum atomic E-state index is -0.577. The number of esters is 1. The van der Waals surface area contributed by atoms with E-state index in [1.807, 2.05) is 30.3 Å². The van der Waals surface area contributed by atoms with Crippen molar-refractivity contribution in [3.63, 3.8) is 0 Å². The van der Waals surface area contributed by atoms with E-state index in [2.05, 4.69) is 28.9 Å². The number of ether oxygens (including phenoxy) is 5. The maximum absolute atomic E-state index is 12.4. The van der Waals surface area contributed by atoms with Gasteiger partial charge < -0.3 is 29.4 Å². The Labute approximate surface area is 242 Å². The highest BCUT2D eigenvalue weighted by Crippen LogP contribution is 2.45. The summed E-state index contributed by atoms with van der Waals surface area (Å²) in [5.41, 5.74) is 7.92. The van der Waals surface area contributed by atoms with Crippen molar-refractivity contribution in [3.8, 4) is 34.8 Å². The number of nitrogens with zero attached hydrogens (tertiary/aromatic N) is 1. The summed E-state index contributed by atoms with van der Waals surface area (Å²) in [6.45, 7) is 2.50. The topological polar surface area (TPSA) is 113 Å². The first-order valence-corrected chi connectivity index (χ1v) is 13.8. The lowest BCUT2D eigenvalue weighted by Gasteiger charge is -2.27. The third-order valence-corrected chi connectivity index (χ3v) is 6.90. The van der Waals surface area contributed by atoms with Gasteiger partial charge in [-0.25, -0.2) is 4.79 Å². The van der Waals surface area contributed by atoms with Crippen molar-refractivity contribution in [2.45, 2.75) is 38.5 Å². The van der Waals surface area contributed by atoms with Gasteiger partial charge in [0.2, 0.25) is 5.88 Å². The highest BCUT2D eigenvalue weighted by molar-refractivity contribution is 9.10. The normalized spacial score (nSPS) is 14.0. The Morgan fingerprint density at radius 2 is 1.77 bits per heavy atom. The Kier molecular flexibility index (Phi) is 9.92. The molecule has 3 aromatic rings. The van der Waals surface area contributed by atoms with E-state index in [0.717, 1.165) is 29.3 Å². The van der Waals surface area contributed by atoms with Crippen LogP contribution in [0.15, 0.2) is 76.6 Å². The Morgan fingerprint density at radius 1 is 1.00 bits per heavy atom. The molecule has 4 rings (SSSR count). The fourth-order valence-corrected chi connectivity index (χ4v) is 4.63. The quantitative estimate of drug-likeness (QED) is 0.139. The molecule has 1 atom stereocenters. The number of carbonyl (C=O) groups is 1. The van der Waals surface area contributed by atoms with Crippen LogP contribution in [-0.4, -0.2) is 26.3 Å². The number of nitriles is 1. The highest BCUT2D eigenvalue weighted by Gasteiger charge is 2.31. The zero-order valence-electron chi connectivity index (χ0n) is 22.4. The van der Waals surface area contributed by atoms with E-state index < -0.39 is 11.9 Å². The smallest absolute Gasteiger partial charge is 0.349 e. The number of unbranched alkanes of at least 4 members (excludes halogenated alkanes) is 3. The van der Waals surface area contributed by atoms with Gasteiger partial charge in [0.1, 0.15) is 28.9 Å². The monoisotopic (exact) mass is 606 g/mol. The first-order valence-electron chi connectivity index (χ1n) is 13.0. The van der Waals surface area contributed by atoms with Crippen molar-refractivity contribution in [2.24, 2.45) is 5.73 Å². The molecule has 208 valence electrons. The van der Waals surface area contributed by atoms with E-state index in [-0.39, 0.29) is 23.8 Å². The van der Waals surface area contributed by atoms with Gasteiger partial charge in [-0.15, -0.1) is 0 Å². The lowest BCUT2D eigenvalue weighted by atomic mass is 9.83.